The van der Waals surface area contributed by atoms with Crippen LogP contribution in [0.5, 0.6) is 0 Å². The van der Waals surface area contributed by atoms with Crippen molar-refractivity contribution in [3.05, 3.63) is 0 Å². The van der Waals surface area contributed by atoms with E-state index in [1.54, 1.807) is 0 Å². The van der Waals surface area contributed by atoms with Crippen molar-refractivity contribution >= 4 is 0 Å². The van der Waals surface area contributed by atoms with Gasteiger partial charge in [-0.2, -0.15) is 0 Å². The Hall–Kier alpha value is -0.120. The Morgan fingerprint density at radius 2 is 2.07 bits per heavy atom. The van der Waals surface area contributed by atoms with Gasteiger partial charge in [-0.05, 0) is 13.5 Å². The summed E-state index contributed by atoms with van der Waals surface area (Å²) in [6, 6.07) is 0.460. The van der Waals surface area contributed by atoms with Crippen molar-refractivity contribution in [3.63, 3.8) is 0 Å². The monoisotopic (exact) mass is 201 g/mol. The number of methoxy groups -OCH3 is 1. The van der Waals surface area contributed by atoms with Crippen LogP contribution in [-0.4, -0.2) is 39.0 Å². The second-order valence-electron chi connectivity index (χ2n) is 4.01. The minimum atomic E-state index is 0.00299. The van der Waals surface area contributed by atoms with Crippen molar-refractivity contribution in [3.8, 4) is 0 Å². The van der Waals surface area contributed by atoms with Crippen LogP contribution in [0, 0.1) is 0 Å². The van der Waals surface area contributed by atoms with Crippen LogP contribution >= 0.6 is 0 Å². The van der Waals surface area contributed by atoms with E-state index in [0.717, 1.165) is 26.1 Å². The fourth-order valence-electron chi connectivity index (χ4n) is 2.37. The van der Waals surface area contributed by atoms with Crippen molar-refractivity contribution in [2.24, 2.45) is 0 Å². The van der Waals surface area contributed by atoms with Gasteiger partial charge in [0.1, 0.15) is 0 Å². The number of nitrogens with one attached hydrogen (secondary N) is 1. The highest BCUT2D eigenvalue weighted by Crippen LogP contribution is 2.30. The van der Waals surface area contributed by atoms with E-state index < -0.39 is 0 Å². The van der Waals surface area contributed by atoms with Gasteiger partial charge in [-0.25, -0.2) is 0 Å². The molecule has 0 bridgehead atoms. The molecule has 1 atom stereocenters. The maximum atomic E-state index is 5.74. The van der Waals surface area contributed by atoms with Gasteiger partial charge in [-0.15, -0.1) is 0 Å². The van der Waals surface area contributed by atoms with E-state index in [0.29, 0.717) is 6.04 Å². The van der Waals surface area contributed by atoms with Crippen LogP contribution in [0.15, 0.2) is 0 Å². The quantitative estimate of drug-likeness (QED) is 0.732. The Morgan fingerprint density at radius 1 is 1.43 bits per heavy atom. The minimum absolute atomic E-state index is 0.00299. The lowest BCUT2D eigenvalue weighted by Crippen LogP contribution is -2.54. The molecule has 1 N–H and O–H groups in total. The Kier molecular flexibility index (Phi) is 4.85. The molecule has 1 unspecified atom stereocenters. The van der Waals surface area contributed by atoms with E-state index in [4.69, 9.17) is 9.47 Å². The SMILES string of the molecule is CCCC(NC)C1(OC)CCOCC1. The predicted molar refractivity (Wildman–Crippen MR) is 57.5 cm³/mol. The number of ether oxygens (including phenoxy) is 2. The highest BCUT2D eigenvalue weighted by Gasteiger charge is 2.39. The third-order valence-corrected chi connectivity index (χ3v) is 3.31. The summed E-state index contributed by atoms with van der Waals surface area (Å²) < 4.78 is 11.1. The zero-order valence-corrected chi connectivity index (χ0v) is 9.64. The summed E-state index contributed by atoms with van der Waals surface area (Å²) in [7, 11) is 3.85. The van der Waals surface area contributed by atoms with E-state index in [-0.39, 0.29) is 5.60 Å². The van der Waals surface area contributed by atoms with Gasteiger partial charge in [-0.3, -0.25) is 0 Å². The van der Waals surface area contributed by atoms with E-state index in [9.17, 15) is 0 Å². The molecule has 1 fully saturated rings. The normalized spacial score (nSPS) is 23.4. The van der Waals surface area contributed by atoms with Gasteiger partial charge in [-0.1, -0.05) is 13.3 Å². The molecule has 1 aliphatic heterocycles. The van der Waals surface area contributed by atoms with Crippen LogP contribution in [-0.2, 0) is 9.47 Å². The third-order valence-electron chi connectivity index (χ3n) is 3.31. The molecule has 3 nitrogen and oxygen atoms in total. The largest absolute Gasteiger partial charge is 0.381 e. The van der Waals surface area contributed by atoms with E-state index >= 15 is 0 Å². The summed E-state index contributed by atoms with van der Waals surface area (Å²) in [5.74, 6) is 0. The lowest BCUT2D eigenvalue weighted by molar-refractivity contribution is -0.110. The molecule has 14 heavy (non-hydrogen) atoms. The van der Waals surface area contributed by atoms with Gasteiger partial charge < -0.3 is 14.8 Å². The zero-order chi connectivity index (χ0) is 10.4. The zero-order valence-electron chi connectivity index (χ0n) is 9.64. The Bertz CT molecular complexity index is 155. The Labute approximate surface area is 87.2 Å². The summed E-state index contributed by atoms with van der Waals surface area (Å²) in [6.07, 6.45) is 4.38. The molecule has 1 heterocycles. The first-order chi connectivity index (χ1) is 6.79. The van der Waals surface area contributed by atoms with Gasteiger partial charge in [0.25, 0.3) is 0 Å². The lowest BCUT2D eigenvalue weighted by atomic mass is 9.84. The molecule has 0 aromatic heterocycles. The molecule has 1 aliphatic rings. The van der Waals surface area contributed by atoms with Gasteiger partial charge in [0.05, 0.1) is 5.60 Å². The first-order valence-corrected chi connectivity index (χ1v) is 5.59. The van der Waals surface area contributed by atoms with Gasteiger partial charge in [0.15, 0.2) is 0 Å². The van der Waals surface area contributed by atoms with E-state index in [2.05, 4.69) is 12.2 Å². The highest BCUT2D eigenvalue weighted by atomic mass is 16.5. The molecule has 0 spiro atoms. The predicted octanol–water partition coefficient (Wildman–Crippen LogP) is 1.57. The Morgan fingerprint density at radius 3 is 2.50 bits per heavy atom. The van der Waals surface area contributed by atoms with Gasteiger partial charge in [0.2, 0.25) is 0 Å². The fraction of sp³-hybridized carbons (Fsp3) is 1.00. The number of likely N-dealkylation sites (N-methyl/N-ethyl adjacent to an activating group) is 1. The lowest BCUT2D eigenvalue weighted by Gasteiger charge is -2.42. The molecule has 0 aliphatic carbocycles. The van der Waals surface area contributed by atoms with Crippen molar-refractivity contribution in [2.45, 2.75) is 44.2 Å². The maximum Gasteiger partial charge on any atom is 0.0874 e. The van der Waals surface area contributed by atoms with Crippen molar-refractivity contribution in [2.75, 3.05) is 27.4 Å². The highest BCUT2D eigenvalue weighted by molar-refractivity contribution is 4.94. The third kappa shape index (κ3) is 2.47. The molecule has 0 aromatic rings. The number of hydrogen-bond acceptors (Lipinski definition) is 3. The van der Waals surface area contributed by atoms with Crippen molar-refractivity contribution in [1.29, 1.82) is 0 Å². The van der Waals surface area contributed by atoms with E-state index in [1.165, 1.54) is 12.8 Å². The smallest absolute Gasteiger partial charge is 0.0874 e. The second kappa shape index (κ2) is 5.69. The van der Waals surface area contributed by atoms with Gasteiger partial charge in [0, 0.05) is 39.2 Å². The summed E-state index contributed by atoms with van der Waals surface area (Å²) in [6.45, 7) is 3.87. The molecule has 0 aromatic carbocycles. The second-order valence-corrected chi connectivity index (χ2v) is 4.01. The van der Waals surface area contributed by atoms with Crippen LogP contribution in [0.1, 0.15) is 32.6 Å². The average Bonchev–Trinajstić information content (AvgIpc) is 2.27. The number of hydrogen-bond donors (Lipinski definition) is 1. The van der Waals surface area contributed by atoms with Gasteiger partial charge >= 0.3 is 0 Å². The number of rotatable bonds is 5. The molecular weight excluding hydrogens is 178 g/mol. The van der Waals surface area contributed by atoms with Crippen molar-refractivity contribution < 1.29 is 9.47 Å². The molecule has 0 saturated carbocycles. The topological polar surface area (TPSA) is 30.5 Å². The standard InChI is InChI=1S/C11H23NO2/c1-4-5-10(12-2)11(13-3)6-8-14-9-7-11/h10,12H,4-9H2,1-3H3. The molecule has 1 rings (SSSR count). The molecule has 84 valence electrons. The molecule has 3 heteroatoms. The van der Waals surface area contributed by atoms with Crippen LogP contribution in [0.4, 0.5) is 0 Å². The molecule has 0 radical (unpaired) electrons. The van der Waals surface area contributed by atoms with Crippen LogP contribution in [0.3, 0.4) is 0 Å². The summed E-state index contributed by atoms with van der Waals surface area (Å²) in [5.41, 5.74) is 0.00299. The molecule has 1 saturated heterocycles. The first-order valence-electron chi connectivity index (χ1n) is 5.59. The molecule has 0 amide bonds. The molecular formula is C11H23NO2. The maximum absolute atomic E-state index is 5.74. The fourth-order valence-corrected chi connectivity index (χ4v) is 2.37. The van der Waals surface area contributed by atoms with Crippen LogP contribution in [0.2, 0.25) is 0 Å². The van der Waals surface area contributed by atoms with E-state index in [1.807, 2.05) is 14.2 Å². The first kappa shape index (κ1) is 12.0. The summed E-state index contributed by atoms with van der Waals surface area (Å²) in [5, 5.41) is 3.38. The van der Waals surface area contributed by atoms with Crippen molar-refractivity contribution in [1.82, 2.24) is 5.32 Å². The summed E-state index contributed by atoms with van der Waals surface area (Å²) >= 11 is 0. The summed E-state index contributed by atoms with van der Waals surface area (Å²) in [4.78, 5) is 0. The average molecular weight is 201 g/mol. The van der Waals surface area contributed by atoms with Crippen LogP contribution in [0.25, 0.3) is 0 Å². The van der Waals surface area contributed by atoms with Crippen LogP contribution < -0.4 is 5.32 Å². The minimum Gasteiger partial charge on any atom is -0.381 e. The Balaban J connectivity index is 2.63.